The monoisotopic (exact) mass is 215 g/mol. The summed E-state index contributed by atoms with van der Waals surface area (Å²) in [5.41, 5.74) is 2.11. The minimum atomic E-state index is 0.0590. The summed E-state index contributed by atoms with van der Waals surface area (Å²) in [6.45, 7) is 15.7. The molecule has 0 bridgehead atoms. The van der Waals surface area contributed by atoms with E-state index in [0.717, 1.165) is 16.9 Å². The molecule has 1 nitrogen and oxygen atoms in total. The zero-order valence-electron chi connectivity index (χ0n) is 10.1. The van der Waals surface area contributed by atoms with Crippen LogP contribution >= 0.6 is 0 Å². The van der Waals surface area contributed by atoms with Gasteiger partial charge in [0, 0.05) is 11.5 Å². The molecule has 1 unspecified atom stereocenters. The number of rotatable bonds is 5. The van der Waals surface area contributed by atoms with E-state index in [2.05, 4.69) is 20.1 Å². The Labute approximate surface area is 98.5 Å². The van der Waals surface area contributed by atoms with Crippen molar-refractivity contribution in [3.05, 3.63) is 55.5 Å². The van der Waals surface area contributed by atoms with Crippen molar-refractivity contribution >= 4 is 6.08 Å². The van der Waals surface area contributed by atoms with Crippen LogP contribution in [0.5, 0.6) is 5.75 Å². The van der Waals surface area contributed by atoms with Gasteiger partial charge in [0.05, 0.1) is 6.10 Å². The van der Waals surface area contributed by atoms with Crippen LogP contribution in [-0.2, 0) is 0 Å². The first kappa shape index (κ1) is 12.6. The Balaban J connectivity index is 3.20. The third-order valence-corrected chi connectivity index (χ3v) is 2.35. The summed E-state index contributed by atoms with van der Waals surface area (Å²) >= 11 is 0. The van der Waals surface area contributed by atoms with Crippen molar-refractivity contribution in [2.24, 2.45) is 0 Å². The second-order valence-electron chi connectivity index (χ2n) is 3.97. The number of allylic oxidation sites excluding steroid dienone is 1. The lowest BCUT2D eigenvalue weighted by molar-refractivity contribution is 0.241. The van der Waals surface area contributed by atoms with Crippen molar-refractivity contribution in [2.45, 2.75) is 25.9 Å². The van der Waals surface area contributed by atoms with Crippen LogP contribution in [0.15, 0.2) is 37.4 Å². The van der Waals surface area contributed by atoms with Gasteiger partial charge in [-0.15, -0.1) is 6.58 Å². The van der Waals surface area contributed by atoms with E-state index in [1.54, 1.807) is 0 Å². The lowest BCUT2D eigenvalue weighted by Gasteiger charge is -2.17. The van der Waals surface area contributed by atoms with Gasteiger partial charge in [-0.05, 0) is 32.4 Å². The van der Waals surface area contributed by atoms with Gasteiger partial charge in [-0.2, -0.15) is 0 Å². The predicted molar refractivity (Wildman–Crippen MR) is 70.6 cm³/mol. The van der Waals surface area contributed by atoms with Crippen molar-refractivity contribution < 1.29 is 4.74 Å². The van der Waals surface area contributed by atoms with E-state index in [1.165, 1.54) is 0 Å². The Kier molecular flexibility index (Phi) is 4.36. The maximum absolute atomic E-state index is 5.74. The van der Waals surface area contributed by atoms with Crippen molar-refractivity contribution in [3.63, 3.8) is 0 Å². The van der Waals surface area contributed by atoms with Gasteiger partial charge in [0.15, 0.2) is 0 Å². The van der Waals surface area contributed by atoms with E-state index in [-0.39, 0.29) is 12.0 Å². The molecule has 0 aromatic heterocycles. The molecule has 0 spiro atoms. The second kappa shape index (κ2) is 5.55. The summed E-state index contributed by atoms with van der Waals surface area (Å²) in [4.78, 5) is 0. The molecule has 0 aliphatic heterocycles. The van der Waals surface area contributed by atoms with Crippen LogP contribution in [-0.4, -0.2) is 6.10 Å². The van der Waals surface area contributed by atoms with Crippen molar-refractivity contribution in [3.8, 4) is 5.75 Å². The highest BCUT2D eigenvalue weighted by atomic mass is 16.5. The Bertz CT molecular complexity index is 377. The summed E-state index contributed by atoms with van der Waals surface area (Å²) in [7, 11) is 0. The van der Waals surface area contributed by atoms with Gasteiger partial charge < -0.3 is 4.74 Å². The average Bonchev–Trinajstić information content (AvgIpc) is 2.27. The highest BCUT2D eigenvalue weighted by Crippen LogP contribution is 2.29. The molecular weight excluding hydrogens is 196 g/mol. The molecule has 0 heterocycles. The fourth-order valence-corrected chi connectivity index (χ4v) is 1.59. The maximum atomic E-state index is 5.74. The van der Waals surface area contributed by atoms with Crippen LogP contribution in [0, 0.1) is 6.92 Å². The Morgan fingerprint density at radius 3 is 2.44 bits per heavy atom. The minimum absolute atomic E-state index is 0.0590. The summed E-state index contributed by atoms with van der Waals surface area (Å²) in [6, 6.07) is 5.96. The number of benzene rings is 1. The summed E-state index contributed by atoms with van der Waals surface area (Å²) in [6.07, 6.45) is 3.79. The zero-order valence-corrected chi connectivity index (χ0v) is 10.1. The van der Waals surface area contributed by atoms with Gasteiger partial charge >= 0.3 is 0 Å². The third kappa shape index (κ3) is 2.75. The topological polar surface area (TPSA) is 9.23 Å². The van der Waals surface area contributed by atoms with E-state index in [0.29, 0.717) is 0 Å². The minimum Gasteiger partial charge on any atom is -0.490 e. The first-order valence-electron chi connectivity index (χ1n) is 5.47. The second-order valence-corrected chi connectivity index (χ2v) is 3.97. The molecule has 1 aromatic carbocycles. The molecule has 1 radical (unpaired) electrons. The molecule has 1 atom stereocenters. The van der Waals surface area contributed by atoms with E-state index in [9.17, 15) is 0 Å². The molecule has 1 rings (SSSR count). The smallest absolute Gasteiger partial charge is 0.127 e. The molecule has 0 saturated heterocycles. The molecule has 0 saturated carbocycles. The lowest BCUT2D eigenvalue weighted by atomic mass is 9.95. The first-order valence-corrected chi connectivity index (χ1v) is 5.47. The van der Waals surface area contributed by atoms with Crippen LogP contribution in [0.4, 0.5) is 0 Å². The van der Waals surface area contributed by atoms with Crippen LogP contribution in [0.25, 0.3) is 6.08 Å². The Morgan fingerprint density at radius 2 is 1.94 bits per heavy atom. The van der Waals surface area contributed by atoms with Gasteiger partial charge in [-0.1, -0.05) is 30.9 Å². The SMILES string of the molecule is [CH2]C(C=C)c1cccc(OC(C)C)c1C=C. The van der Waals surface area contributed by atoms with Gasteiger partial charge in [-0.3, -0.25) is 0 Å². The van der Waals surface area contributed by atoms with Gasteiger partial charge in [0.2, 0.25) is 0 Å². The van der Waals surface area contributed by atoms with Crippen LogP contribution < -0.4 is 4.74 Å². The van der Waals surface area contributed by atoms with Crippen molar-refractivity contribution in [1.82, 2.24) is 0 Å². The summed E-state index contributed by atoms with van der Waals surface area (Å²) in [5, 5.41) is 0. The third-order valence-electron chi connectivity index (χ3n) is 2.35. The average molecular weight is 215 g/mol. The molecule has 1 heteroatoms. The largest absolute Gasteiger partial charge is 0.490 e. The maximum Gasteiger partial charge on any atom is 0.127 e. The van der Waals surface area contributed by atoms with Crippen LogP contribution in [0.1, 0.15) is 30.9 Å². The number of ether oxygens (including phenoxy) is 1. The molecule has 0 fully saturated rings. The highest BCUT2D eigenvalue weighted by molar-refractivity contribution is 5.61. The molecule has 0 amide bonds. The molecule has 1 aromatic rings. The molecule has 0 aliphatic carbocycles. The quantitative estimate of drug-likeness (QED) is 0.668. The van der Waals surface area contributed by atoms with E-state index >= 15 is 0 Å². The molecular formula is C15H19O. The predicted octanol–water partition coefficient (Wildman–Crippen LogP) is 4.22. The zero-order chi connectivity index (χ0) is 12.1. The molecule has 0 N–H and O–H groups in total. The Hall–Kier alpha value is -1.50. The number of hydrogen-bond donors (Lipinski definition) is 0. The molecule has 0 aliphatic rings. The van der Waals surface area contributed by atoms with E-state index < -0.39 is 0 Å². The fourth-order valence-electron chi connectivity index (χ4n) is 1.59. The van der Waals surface area contributed by atoms with Gasteiger partial charge in [0.1, 0.15) is 5.75 Å². The molecule has 85 valence electrons. The van der Waals surface area contributed by atoms with Gasteiger partial charge in [0.25, 0.3) is 0 Å². The first-order chi connectivity index (χ1) is 7.60. The normalized spacial score (nSPS) is 12.2. The molecule has 16 heavy (non-hydrogen) atoms. The van der Waals surface area contributed by atoms with E-state index in [1.807, 2.05) is 44.2 Å². The summed E-state index contributed by atoms with van der Waals surface area (Å²) in [5.74, 6) is 0.918. The Morgan fingerprint density at radius 1 is 1.25 bits per heavy atom. The van der Waals surface area contributed by atoms with Crippen molar-refractivity contribution in [1.29, 1.82) is 0 Å². The fraction of sp³-hybridized carbons (Fsp3) is 0.267. The summed E-state index contributed by atoms with van der Waals surface area (Å²) < 4.78 is 5.74. The van der Waals surface area contributed by atoms with Crippen molar-refractivity contribution in [2.75, 3.05) is 0 Å². The highest BCUT2D eigenvalue weighted by Gasteiger charge is 2.11. The van der Waals surface area contributed by atoms with Gasteiger partial charge in [-0.25, -0.2) is 0 Å². The van der Waals surface area contributed by atoms with E-state index in [4.69, 9.17) is 4.74 Å². The lowest BCUT2D eigenvalue weighted by Crippen LogP contribution is -2.08. The standard InChI is InChI=1S/C15H19O/c1-6-12(5)14-9-8-10-15(13(14)7-2)16-11(3)4/h6-12H,1-2,5H2,3-4H3. The van der Waals surface area contributed by atoms with Crippen LogP contribution in [0.2, 0.25) is 0 Å². The number of hydrogen-bond acceptors (Lipinski definition) is 1. The van der Waals surface area contributed by atoms with Crippen LogP contribution in [0.3, 0.4) is 0 Å².